The first-order valence-electron chi connectivity index (χ1n) is 14.3. The molecule has 6 N–H and O–H groups in total. The fraction of sp³-hybridized carbons (Fsp3) is 0.500. The van der Waals surface area contributed by atoms with Crippen molar-refractivity contribution in [2.24, 2.45) is 23.3 Å². The molecule has 2 heterocycles. The number of aromatic hydroxyl groups is 1. The minimum atomic E-state index is -0.633. The Labute approximate surface area is 240 Å². The maximum absolute atomic E-state index is 13.6. The lowest BCUT2D eigenvalue weighted by molar-refractivity contribution is -0.141. The van der Waals surface area contributed by atoms with E-state index in [1.54, 1.807) is 41.3 Å². The predicted molar refractivity (Wildman–Crippen MR) is 152 cm³/mol. The molecule has 0 aliphatic carbocycles. The number of hydrazine groups is 1. The molecular weight excluding hydrogens is 527 g/mol. The highest BCUT2D eigenvalue weighted by Crippen LogP contribution is 2.31. The molecule has 3 amide bonds. The maximum Gasteiger partial charge on any atom is 0.259 e. The molecule has 0 saturated carbocycles. The molecule has 0 radical (unpaired) electrons. The third-order valence-electron chi connectivity index (χ3n) is 7.82. The number of nitrogens with two attached hydrogens (primary N) is 2. The van der Waals surface area contributed by atoms with E-state index in [0.717, 1.165) is 30.4 Å². The lowest BCUT2D eigenvalue weighted by Gasteiger charge is -2.24. The number of nitrogens with zero attached hydrogens (tertiary/aromatic N) is 3. The second kappa shape index (κ2) is 13.9. The number of nitrogens with one attached hydrogen (secondary N) is 1. The van der Waals surface area contributed by atoms with E-state index >= 15 is 0 Å². The van der Waals surface area contributed by atoms with Crippen LogP contribution >= 0.6 is 0 Å². The molecule has 4 unspecified atom stereocenters. The van der Waals surface area contributed by atoms with Crippen LogP contribution in [0.5, 0.6) is 5.75 Å². The molecule has 2 aliphatic rings. The number of likely N-dealkylation sites (tertiary alicyclic amines) is 1. The van der Waals surface area contributed by atoms with Gasteiger partial charge in [-0.1, -0.05) is 37.1 Å². The first kappa shape index (κ1) is 30.4. The second-order valence-corrected chi connectivity index (χ2v) is 11.2. The van der Waals surface area contributed by atoms with E-state index in [-0.39, 0.29) is 55.1 Å². The molecule has 10 nitrogen and oxygen atoms in total. The number of hydrogen-bond donors (Lipinski definition) is 4. The Bertz CT molecular complexity index is 1190. The van der Waals surface area contributed by atoms with E-state index in [2.05, 4.69) is 5.43 Å². The lowest BCUT2D eigenvalue weighted by atomic mass is 9.89. The Morgan fingerprint density at radius 2 is 1.73 bits per heavy atom. The largest absolute Gasteiger partial charge is 0.508 e. The van der Waals surface area contributed by atoms with Crippen molar-refractivity contribution in [3.8, 4) is 5.75 Å². The van der Waals surface area contributed by atoms with Crippen LogP contribution in [0.15, 0.2) is 48.5 Å². The molecule has 0 aromatic heterocycles. The van der Waals surface area contributed by atoms with Gasteiger partial charge in [0.2, 0.25) is 11.8 Å². The van der Waals surface area contributed by atoms with Crippen molar-refractivity contribution in [3.63, 3.8) is 0 Å². The molecule has 2 aliphatic heterocycles. The van der Waals surface area contributed by atoms with E-state index in [4.69, 9.17) is 11.5 Å². The smallest absolute Gasteiger partial charge is 0.259 e. The molecule has 222 valence electrons. The fourth-order valence-electron chi connectivity index (χ4n) is 5.71. The van der Waals surface area contributed by atoms with Gasteiger partial charge < -0.3 is 21.5 Å². The Kier molecular flexibility index (Phi) is 10.3. The van der Waals surface area contributed by atoms with Crippen LogP contribution in [-0.2, 0) is 27.3 Å². The first-order valence-corrected chi connectivity index (χ1v) is 14.3. The minimum absolute atomic E-state index is 0.112. The topological polar surface area (TPSA) is 145 Å². The Balaban J connectivity index is 1.47. The molecule has 0 spiro atoms. The minimum Gasteiger partial charge on any atom is -0.508 e. The summed E-state index contributed by atoms with van der Waals surface area (Å²) in [4.78, 5) is 44.2. The number of amides is 3. The van der Waals surface area contributed by atoms with Crippen molar-refractivity contribution >= 4 is 17.7 Å². The van der Waals surface area contributed by atoms with Gasteiger partial charge in [-0.2, -0.15) is 0 Å². The summed E-state index contributed by atoms with van der Waals surface area (Å²) < 4.78 is 13.4. The van der Waals surface area contributed by atoms with Crippen LogP contribution in [0.4, 0.5) is 4.39 Å². The zero-order valence-corrected chi connectivity index (χ0v) is 23.5. The third-order valence-corrected chi connectivity index (χ3v) is 7.82. The molecule has 4 rings (SSSR count). The zero-order chi connectivity index (χ0) is 29.5. The van der Waals surface area contributed by atoms with Gasteiger partial charge in [0.1, 0.15) is 11.6 Å². The Morgan fingerprint density at radius 3 is 2.39 bits per heavy atom. The number of phenols is 1. The number of halogens is 1. The normalized spacial score (nSPS) is 22.0. The van der Waals surface area contributed by atoms with Crippen LogP contribution in [0.2, 0.25) is 0 Å². The highest BCUT2D eigenvalue weighted by Gasteiger charge is 2.46. The highest BCUT2D eigenvalue weighted by molar-refractivity contribution is 5.93. The summed E-state index contributed by atoms with van der Waals surface area (Å²) in [5.41, 5.74) is 16.2. The van der Waals surface area contributed by atoms with E-state index in [0.29, 0.717) is 25.9 Å². The third kappa shape index (κ3) is 7.81. The monoisotopic (exact) mass is 568 g/mol. The van der Waals surface area contributed by atoms with Crippen molar-refractivity contribution in [2.45, 2.75) is 57.7 Å². The molecule has 2 saturated heterocycles. The van der Waals surface area contributed by atoms with Gasteiger partial charge in [0.05, 0.1) is 24.5 Å². The zero-order valence-electron chi connectivity index (χ0n) is 23.5. The maximum atomic E-state index is 13.6. The number of hydrogen-bond acceptors (Lipinski definition) is 7. The molecular formula is C30H41FN6O4. The molecule has 2 aromatic rings. The van der Waals surface area contributed by atoms with Crippen LogP contribution in [0.25, 0.3) is 0 Å². The summed E-state index contributed by atoms with van der Waals surface area (Å²) in [6.45, 7) is 3.56. The number of rotatable bonds is 13. The highest BCUT2D eigenvalue weighted by atomic mass is 19.1. The molecule has 2 aromatic carbocycles. The molecule has 11 heteroatoms. The van der Waals surface area contributed by atoms with Crippen LogP contribution in [-0.4, -0.2) is 76.0 Å². The van der Waals surface area contributed by atoms with Gasteiger partial charge >= 0.3 is 0 Å². The Hall–Kier alpha value is -3.54. The number of phenolic OH excluding ortho intramolecular Hbond substituents is 1. The summed E-state index contributed by atoms with van der Waals surface area (Å²) >= 11 is 0. The lowest BCUT2D eigenvalue weighted by Crippen LogP contribution is -2.48. The summed E-state index contributed by atoms with van der Waals surface area (Å²) in [6.07, 6.45) is 3.42. The second-order valence-electron chi connectivity index (χ2n) is 11.2. The van der Waals surface area contributed by atoms with Crippen molar-refractivity contribution < 1.29 is 23.9 Å². The SMILES string of the molecule is CC(N)CN1CN(NC(=O)C2CN(Cc3ccc(F)cc3)C(=O)C2CCCCCN)C(=O)C1Cc1ccc(O)cc1. The van der Waals surface area contributed by atoms with Crippen molar-refractivity contribution in [2.75, 3.05) is 26.3 Å². The van der Waals surface area contributed by atoms with Gasteiger partial charge in [0, 0.05) is 25.7 Å². The van der Waals surface area contributed by atoms with Gasteiger partial charge in [-0.15, -0.1) is 0 Å². The quantitative estimate of drug-likeness (QED) is 0.269. The van der Waals surface area contributed by atoms with E-state index in [1.165, 1.54) is 17.1 Å². The summed E-state index contributed by atoms with van der Waals surface area (Å²) in [7, 11) is 0. The van der Waals surface area contributed by atoms with E-state index in [1.807, 2.05) is 11.8 Å². The molecule has 0 bridgehead atoms. The molecule has 4 atom stereocenters. The molecule has 2 fully saturated rings. The number of unbranched alkanes of at least 4 members (excludes halogenated alkanes) is 2. The van der Waals surface area contributed by atoms with Crippen LogP contribution in [0, 0.1) is 17.7 Å². The van der Waals surface area contributed by atoms with Crippen LogP contribution < -0.4 is 16.9 Å². The summed E-state index contributed by atoms with van der Waals surface area (Å²) in [5.74, 6) is -2.09. The van der Waals surface area contributed by atoms with Gasteiger partial charge in [-0.05, 0) is 68.1 Å². The predicted octanol–water partition coefficient (Wildman–Crippen LogP) is 1.72. The summed E-state index contributed by atoms with van der Waals surface area (Å²) in [6, 6.07) is 11.9. The van der Waals surface area contributed by atoms with Crippen LogP contribution in [0.1, 0.15) is 43.7 Å². The fourth-order valence-corrected chi connectivity index (χ4v) is 5.71. The van der Waals surface area contributed by atoms with Gasteiger partial charge in [-0.3, -0.25) is 24.7 Å². The van der Waals surface area contributed by atoms with Gasteiger partial charge in [-0.25, -0.2) is 9.40 Å². The Morgan fingerprint density at radius 1 is 1.05 bits per heavy atom. The summed E-state index contributed by atoms with van der Waals surface area (Å²) in [5, 5.41) is 10.9. The van der Waals surface area contributed by atoms with E-state index < -0.39 is 17.9 Å². The number of benzene rings is 2. The average Bonchev–Trinajstić information content (AvgIpc) is 3.39. The average molecular weight is 569 g/mol. The first-order chi connectivity index (χ1) is 19.7. The van der Waals surface area contributed by atoms with Gasteiger partial charge in [0.25, 0.3) is 5.91 Å². The number of carbonyl (C=O) groups is 3. The standard InChI is InChI=1S/C30H41FN6O4/c1-20(33)16-36-19-37(30(41)27(36)15-21-8-12-24(38)13-9-21)34-28(39)26-18-35(17-22-6-10-23(31)11-7-22)29(40)25(26)5-3-2-4-14-32/h6-13,20,25-27,38H,2-5,14-19,32-33H2,1H3,(H,34,39). The number of carbonyl (C=O) groups excluding carboxylic acids is 3. The van der Waals surface area contributed by atoms with Crippen molar-refractivity contribution in [1.82, 2.24) is 20.2 Å². The van der Waals surface area contributed by atoms with Crippen molar-refractivity contribution in [1.29, 1.82) is 0 Å². The van der Waals surface area contributed by atoms with Crippen LogP contribution in [0.3, 0.4) is 0 Å². The molecule has 41 heavy (non-hydrogen) atoms. The van der Waals surface area contributed by atoms with Gasteiger partial charge in [0.15, 0.2) is 0 Å². The van der Waals surface area contributed by atoms with E-state index in [9.17, 15) is 23.9 Å². The van der Waals surface area contributed by atoms with Crippen molar-refractivity contribution in [3.05, 3.63) is 65.5 Å².